The Hall–Kier alpha value is -0.480. The number of rotatable bonds is 3. The van der Waals surface area contributed by atoms with Crippen LogP contribution in [0.2, 0.25) is 0 Å². The lowest BCUT2D eigenvalue weighted by molar-refractivity contribution is -0.110. The molecule has 1 aliphatic heterocycles. The molecule has 0 bridgehead atoms. The van der Waals surface area contributed by atoms with Crippen molar-refractivity contribution in [2.24, 2.45) is 0 Å². The van der Waals surface area contributed by atoms with E-state index in [9.17, 15) is 4.79 Å². The van der Waals surface area contributed by atoms with E-state index in [1.54, 1.807) is 0 Å². The fourth-order valence-corrected chi connectivity index (χ4v) is 1.87. The molecule has 0 amide bonds. The highest BCUT2D eigenvalue weighted by atomic mass is 32.1. The second-order valence-corrected chi connectivity index (χ2v) is 3.43. The molecule has 0 aliphatic carbocycles. The second-order valence-electron chi connectivity index (χ2n) is 2.96. The van der Waals surface area contributed by atoms with Crippen molar-refractivity contribution in [3.05, 3.63) is 0 Å². The molecule has 0 saturated carbocycles. The Bertz CT molecular complexity index is 184. The number of likely N-dealkylation sites (N-methyl/N-ethyl adjacent to an activating group) is 1. The predicted octanol–water partition coefficient (Wildman–Crippen LogP) is 0.196. The van der Waals surface area contributed by atoms with Crippen LogP contribution in [-0.2, 0) is 4.79 Å². The summed E-state index contributed by atoms with van der Waals surface area (Å²) < 4.78 is 0. The number of thiocarbonyl (C=S) groups is 1. The predicted molar refractivity (Wildman–Crippen MR) is 52.3 cm³/mol. The van der Waals surface area contributed by atoms with Crippen LogP contribution in [0, 0.1) is 0 Å². The minimum atomic E-state index is 0.0332. The highest BCUT2D eigenvalue weighted by molar-refractivity contribution is 7.80. The van der Waals surface area contributed by atoms with E-state index in [0.29, 0.717) is 6.54 Å². The van der Waals surface area contributed by atoms with Gasteiger partial charge in [0.2, 0.25) is 0 Å². The first-order valence-corrected chi connectivity index (χ1v) is 4.59. The van der Waals surface area contributed by atoms with Crippen LogP contribution >= 0.6 is 12.2 Å². The highest BCUT2D eigenvalue weighted by Gasteiger charge is 2.24. The molecule has 1 saturated heterocycles. The number of carbonyl (C=O) groups is 1. The van der Waals surface area contributed by atoms with Gasteiger partial charge >= 0.3 is 0 Å². The third kappa shape index (κ3) is 2.01. The van der Waals surface area contributed by atoms with Crippen molar-refractivity contribution in [3.63, 3.8) is 0 Å². The van der Waals surface area contributed by atoms with Crippen LogP contribution in [-0.4, -0.2) is 42.4 Å². The van der Waals surface area contributed by atoms with Crippen molar-refractivity contribution in [2.45, 2.75) is 18.9 Å². The van der Waals surface area contributed by atoms with Crippen LogP contribution in [0.1, 0.15) is 12.8 Å². The molecule has 1 aliphatic rings. The Morgan fingerprint density at radius 2 is 2.58 bits per heavy atom. The lowest BCUT2D eigenvalue weighted by Crippen LogP contribution is -2.39. The van der Waals surface area contributed by atoms with Gasteiger partial charge in [0.25, 0.3) is 0 Å². The molecular weight excluding hydrogens is 172 g/mol. The van der Waals surface area contributed by atoms with E-state index in [0.717, 1.165) is 30.7 Å². The molecule has 1 heterocycles. The Labute approximate surface area is 78.1 Å². The second kappa shape index (κ2) is 4.52. The summed E-state index contributed by atoms with van der Waals surface area (Å²) in [4.78, 5) is 13.5. The van der Waals surface area contributed by atoms with E-state index in [4.69, 9.17) is 12.2 Å². The Morgan fingerprint density at radius 1 is 1.83 bits per heavy atom. The third-order valence-corrected chi connectivity index (χ3v) is 2.48. The summed E-state index contributed by atoms with van der Waals surface area (Å²) in [5.41, 5.74) is 0. The number of hydrogen-bond donors (Lipinski definition) is 1. The molecule has 0 aromatic carbocycles. The van der Waals surface area contributed by atoms with E-state index < -0.39 is 0 Å². The van der Waals surface area contributed by atoms with E-state index in [1.165, 1.54) is 0 Å². The van der Waals surface area contributed by atoms with Crippen molar-refractivity contribution < 1.29 is 4.79 Å². The smallest absolute Gasteiger partial charge is 0.142 e. The summed E-state index contributed by atoms with van der Waals surface area (Å²) in [5, 5.41) is 2.99. The molecule has 12 heavy (non-hydrogen) atoms. The molecule has 0 aromatic heterocycles. The molecule has 1 fully saturated rings. The lowest BCUT2D eigenvalue weighted by atomic mass is 10.2. The summed E-state index contributed by atoms with van der Waals surface area (Å²) in [5.74, 6) is 0. The normalized spacial score (nSPS) is 22.8. The molecule has 0 unspecified atom stereocenters. The van der Waals surface area contributed by atoms with Gasteiger partial charge in [0, 0.05) is 13.1 Å². The fraction of sp³-hybridized carbons (Fsp3) is 0.750. The first kappa shape index (κ1) is 9.61. The molecule has 1 rings (SSSR count). The van der Waals surface area contributed by atoms with Gasteiger partial charge in [-0.15, -0.1) is 0 Å². The zero-order valence-electron chi connectivity index (χ0n) is 7.25. The summed E-state index contributed by atoms with van der Waals surface area (Å²) in [6.45, 7) is 1.63. The Balaban J connectivity index is 2.49. The van der Waals surface area contributed by atoms with Gasteiger partial charge in [-0.05, 0) is 19.9 Å². The zero-order chi connectivity index (χ0) is 8.97. The first-order chi connectivity index (χ1) is 5.79. The highest BCUT2D eigenvalue weighted by Crippen LogP contribution is 2.15. The van der Waals surface area contributed by atoms with Crippen molar-refractivity contribution >= 4 is 23.5 Å². The number of aldehydes is 1. The number of nitrogens with zero attached hydrogens (tertiary/aromatic N) is 1. The lowest BCUT2D eigenvalue weighted by Gasteiger charge is -2.22. The average molecular weight is 186 g/mol. The first-order valence-electron chi connectivity index (χ1n) is 4.19. The van der Waals surface area contributed by atoms with Gasteiger partial charge in [0.05, 0.1) is 11.0 Å². The number of hydrogen-bond acceptors (Lipinski definition) is 3. The van der Waals surface area contributed by atoms with Crippen LogP contribution in [0.15, 0.2) is 0 Å². The van der Waals surface area contributed by atoms with E-state index >= 15 is 0 Å². The monoisotopic (exact) mass is 186 g/mol. The minimum absolute atomic E-state index is 0.0332. The number of likely N-dealkylation sites (tertiary alicyclic amines) is 1. The van der Waals surface area contributed by atoms with Crippen molar-refractivity contribution in [1.29, 1.82) is 0 Å². The maximum atomic E-state index is 10.6. The van der Waals surface area contributed by atoms with E-state index in [-0.39, 0.29) is 6.04 Å². The number of carbonyl (C=O) groups excluding carboxylic acids is 1. The molecule has 1 N–H and O–H groups in total. The molecule has 3 nitrogen and oxygen atoms in total. The van der Waals surface area contributed by atoms with E-state index in [2.05, 4.69) is 5.32 Å². The summed E-state index contributed by atoms with van der Waals surface area (Å²) in [7, 11) is 1.86. The average Bonchev–Trinajstić information content (AvgIpc) is 2.51. The molecule has 68 valence electrons. The molecule has 0 aromatic rings. The topological polar surface area (TPSA) is 32.3 Å². The maximum Gasteiger partial charge on any atom is 0.142 e. The van der Waals surface area contributed by atoms with Crippen molar-refractivity contribution in [1.82, 2.24) is 10.2 Å². The van der Waals surface area contributed by atoms with Gasteiger partial charge in [-0.2, -0.15) is 0 Å². The largest absolute Gasteiger partial charge is 0.355 e. The molecule has 4 heteroatoms. The Kier molecular flexibility index (Phi) is 3.62. The summed E-state index contributed by atoms with van der Waals surface area (Å²) >= 11 is 5.16. The fourth-order valence-electron chi connectivity index (χ4n) is 1.50. The van der Waals surface area contributed by atoms with Gasteiger partial charge in [0.15, 0.2) is 0 Å². The maximum absolute atomic E-state index is 10.6. The van der Waals surface area contributed by atoms with Crippen LogP contribution in [0.4, 0.5) is 0 Å². The van der Waals surface area contributed by atoms with Crippen molar-refractivity contribution in [3.8, 4) is 0 Å². The third-order valence-electron chi connectivity index (χ3n) is 2.10. The van der Waals surface area contributed by atoms with Gasteiger partial charge in [-0.25, -0.2) is 0 Å². The van der Waals surface area contributed by atoms with E-state index in [1.807, 2.05) is 11.9 Å². The van der Waals surface area contributed by atoms with Gasteiger partial charge < -0.3 is 15.0 Å². The van der Waals surface area contributed by atoms with Crippen LogP contribution in [0.5, 0.6) is 0 Å². The van der Waals surface area contributed by atoms with Crippen molar-refractivity contribution in [2.75, 3.05) is 20.1 Å². The SMILES string of the molecule is CNCC(=S)N1CCC[C@@H]1C=O. The number of nitrogens with one attached hydrogen (secondary N) is 1. The zero-order valence-corrected chi connectivity index (χ0v) is 8.06. The molecule has 0 radical (unpaired) electrons. The quantitative estimate of drug-likeness (QED) is 0.504. The molecule has 1 atom stereocenters. The molecular formula is C8H14N2OS. The summed E-state index contributed by atoms with van der Waals surface area (Å²) in [6, 6.07) is 0.0332. The summed E-state index contributed by atoms with van der Waals surface area (Å²) in [6.07, 6.45) is 3.02. The van der Waals surface area contributed by atoms with Crippen LogP contribution in [0.25, 0.3) is 0 Å². The standard InChI is InChI=1S/C8H14N2OS/c1-9-5-8(12)10-4-2-3-7(10)6-11/h6-7,9H,2-5H2,1H3/t7-/m1/s1. The Morgan fingerprint density at radius 3 is 3.17 bits per heavy atom. The van der Waals surface area contributed by atoms with Crippen LogP contribution in [0.3, 0.4) is 0 Å². The van der Waals surface area contributed by atoms with Gasteiger partial charge in [0.1, 0.15) is 6.29 Å². The van der Waals surface area contributed by atoms with Crippen LogP contribution < -0.4 is 5.32 Å². The molecule has 0 spiro atoms. The van der Waals surface area contributed by atoms with Gasteiger partial charge in [-0.1, -0.05) is 12.2 Å². The minimum Gasteiger partial charge on any atom is -0.355 e. The van der Waals surface area contributed by atoms with Gasteiger partial charge in [-0.3, -0.25) is 0 Å².